The molecular formula is C39H28N4O. The van der Waals surface area contributed by atoms with Gasteiger partial charge in [-0.25, -0.2) is 4.98 Å². The van der Waals surface area contributed by atoms with Crippen molar-refractivity contribution in [3.8, 4) is 33.8 Å². The molecule has 0 bridgehead atoms. The van der Waals surface area contributed by atoms with Gasteiger partial charge in [0.1, 0.15) is 17.1 Å². The van der Waals surface area contributed by atoms with E-state index in [0.717, 1.165) is 77.8 Å². The van der Waals surface area contributed by atoms with Crippen molar-refractivity contribution in [2.75, 3.05) is 0 Å². The van der Waals surface area contributed by atoms with E-state index in [1.807, 2.05) is 30.5 Å². The third kappa shape index (κ3) is 3.59. The van der Waals surface area contributed by atoms with Gasteiger partial charge in [-0.1, -0.05) is 78.9 Å². The molecule has 44 heavy (non-hydrogen) atoms. The Morgan fingerprint density at radius 3 is 2.34 bits per heavy atom. The fourth-order valence-electron chi connectivity index (χ4n) is 6.81. The smallest absolute Gasteiger partial charge is 0.161 e. The minimum atomic E-state index is 0.214. The molecule has 0 aliphatic carbocycles. The standard InChI is InChI=1S/C39H28N4O/c1-23(2)43-33-18-9-14-26(37(33)42-39(43)31-16-8-15-29-27-12-3-5-17-32(27)41-36(29)31)24-10-7-11-25(22-24)35-38-30(20-21-40-35)28-13-4-6-19-34(28)44-38/h3-23,41H,1-2H3. The number of nitrogens with one attached hydrogen (secondary N) is 1. The largest absolute Gasteiger partial charge is 0.454 e. The summed E-state index contributed by atoms with van der Waals surface area (Å²) in [6.45, 7) is 4.45. The topological polar surface area (TPSA) is 59.6 Å². The maximum Gasteiger partial charge on any atom is 0.161 e. The fraction of sp³-hybridized carbons (Fsp3) is 0.0769. The predicted molar refractivity (Wildman–Crippen MR) is 181 cm³/mol. The molecule has 0 aliphatic rings. The van der Waals surface area contributed by atoms with Crippen LogP contribution in [0.1, 0.15) is 19.9 Å². The van der Waals surface area contributed by atoms with Gasteiger partial charge in [0.25, 0.3) is 0 Å². The van der Waals surface area contributed by atoms with E-state index in [1.165, 1.54) is 10.8 Å². The van der Waals surface area contributed by atoms with Crippen molar-refractivity contribution in [2.24, 2.45) is 0 Å². The molecule has 0 saturated heterocycles. The zero-order valence-electron chi connectivity index (χ0n) is 24.4. The molecule has 0 unspecified atom stereocenters. The number of aromatic nitrogens is 4. The van der Waals surface area contributed by atoms with Crippen LogP contribution in [0.4, 0.5) is 0 Å². The van der Waals surface area contributed by atoms with Crippen molar-refractivity contribution < 1.29 is 4.42 Å². The van der Waals surface area contributed by atoms with Crippen molar-refractivity contribution in [3.63, 3.8) is 0 Å². The summed E-state index contributed by atoms with van der Waals surface area (Å²) in [5.74, 6) is 0.962. The summed E-state index contributed by atoms with van der Waals surface area (Å²) in [4.78, 5) is 13.9. The quantitative estimate of drug-likeness (QED) is 0.230. The second-order valence-corrected chi connectivity index (χ2v) is 11.7. The number of hydrogen-bond donors (Lipinski definition) is 1. The third-order valence-electron chi connectivity index (χ3n) is 8.76. The molecule has 9 aromatic rings. The van der Waals surface area contributed by atoms with E-state index in [0.29, 0.717) is 0 Å². The molecule has 0 atom stereocenters. The van der Waals surface area contributed by atoms with Gasteiger partial charge >= 0.3 is 0 Å². The van der Waals surface area contributed by atoms with Gasteiger partial charge in [0.05, 0.1) is 16.6 Å². The number of hydrogen-bond acceptors (Lipinski definition) is 3. The lowest BCUT2D eigenvalue weighted by Gasteiger charge is -2.14. The van der Waals surface area contributed by atoms with Crippen LogP contribution in [-0.2, 0) is 0 Å². The van der Waals surface area contributed by atoms with Crippen LogP contribution in [-0.4, -0.2) is 19.5 Å². The molecule has 0 amide bonds. The van der Waals surface area contributed by atoms with Crippen molar-refractivity contribution in [3.05, 3.63) is 121 Å². The maximum atomic E-state index is 6.32. The summed E-state index contributed by atoms with van der Waals surface area (Å²) >= 11 is 0. The summed E-state index contributed by atoms with van der Waals surface area (Å²) in [6.07, 6.45) is 1.87. The predicted octanol–water partition coefficient (Wildman–Crippen LogP) is 10.5. The van der Waals surface area contributed by atoms with E-state index in [4.69, 9.17) is 14.4 Å². The second kappa shape index (κ2) is 9.41. The van der Waals surface area contributed by atoms with Crippen LogP contribution in [0.15, 0.2) is 126 Å². The van der Waals surface area contributed by atoms with Gasteiger partial charge in [0.15, 0.2) is 5.58 Å². The van der Waals surface area contributed by atoms with E-state index < -0.39 is 0 Å². The second-order valence-electron chi connectivity index (χ2n) is 11.7. The van der Waals surface area contributed by atoms with Gasteiger partial charge in [-0.2, -0.15) is 0 Å². The van der Waals surface area contributed by atoms with Crippen LogP contribution in [0.5, 0.6) is 0 Å². The Morgan fingerprint density at radius 1 is 0.682 bits per heavy atom. The molecule has 1 N–H and O–H groups in total. The molecular weight excluding hydrogens is 540 g/mol. The molecule has 210 valence electrons. The van der Waals surface area contributed by atoms with Crippen LogP contribution in [0.2, 0.25) is 0 Å². The number of benzene rings is 5. The Bertz CT molecular complexity index is 2550. The van der Waals surface area contributed by atoms with Gasteiger partial charge in [0.2, 0.25) is 0 Å². The number of rotatable bonds is 4. The number of pyridine rings is 1. The Kier molecular flexibility index (Phi) is 5.32. The van der Waals surface area contributed by atoms with Crippen LogP contribution < -0.4 is 0 Å². The number of fused-ring (bicyclic) bond motifs is 7. The molecule has 0 saturated carbocycles. The van der Waals surface area contributed by atoms with Gasteiger partial charge in [-0.05, 0) is 55.8 Å². The first-order valence-electron chi connectivity index (χ1n) is 15.0. The van der Waals surface area contributed by atoms with Gasteiger partial charge in [-0.3, -0.25) is 4.98 Å². The average Bonchev–Trinajstić information content (AvgIpc) is 3.76. The molecule has 0 aliphatic heterocycles. The Morgan fingerprint density at radius 2 is 1.43 bits per heavy atom. The van der Waals surface area contributed by atoms with Crippen molar-refractivity contribution >= 4 is 54.8 Å². The number of H-pyrrole nitrogens is 1. The number of furan rings is 1. The zero-order chi connectivity index (χ0) is 29.4. The molecule has 0 fully saturated rings. The van der Waals surface area contributed by atoms with Crippen molar-refractivity contribution in [2.45, 2.75) is 19.9 Å². The first kappa shape index (κ1) is 24.9. The van der Waals surface area contributed by atoms with Crippen LogP contribution >= 0.6 is 0 Å². The lowest BCUT2D eigenvalue weighted by Crippen LogP contribution is -2.03. The Balaban J connectivity index is 1.25. The first-order chi connectivity index (χ1) is 21.7. The van der Waals surface area contributed by atoms with Crippen molar-refractivity contribution in [1.82, 2.24) is 19.5 Å². The minimum absolute atomic E-state index is 0.214. The van der Waals surface area contributed by atoms with E-state index in [2.05, 4.69) is 114 Å². The normalized spacial score (nSPS) is 12.1. The molecule has 5 heteroatoms. The zero-order valence-corrected chi connectivity index (χ0v) is 24.4. The van der Waals surface area contributed by atoms with E-state index in [-0.39, 0.29) is 6.04 Å². The molecule has 9 rings (SSSR count). The fourth-order valence-corrected chi connectivity index (χ4v) is 6.81. The average molecular weight is 569 g/mol. The lowest BCUT2D eigenvalue weighted by molar-refractivity contribution is 0.624. The Hall–Kier alpha value is -5.68. The summed E-state index contributed by atoms with van der Waals surface area (Å²) in [5, 5.41) is 4.61. The van der Waals surface area contributed by atoms with Gasteiger partial charge in [0, 0.05) is 56.0 Å². The molecule has 4 aromatic heterocycles. The summed E-state index contributed by atoms with van der Waals surface area (Å²) in [6, 6.07) is 40.4. The highest BCUT2D eigenvalue weighted by molar-refractivity contribution is 6.12. The van der Waals surface area contributed by atoms with Crippen LogP contribution in [0.3, 0.4) is 0 Å². The SMILES string of the molecule is CC(C)n1c(-c2cccc3c2[nH]c2ccccc23)nc2c(-c3cccc(-c4nccc5c4oc4ccccc45)c3)cccc21. The molecule has 0 radical (unpaired) electrons. The maximum absolute atomic E-state index is 6.32. The van der Waals surface area contributed by atoms with Gasteiger partial charge < -0.3 is 14.0 Å². The highest BCUT2D eigenvalue weighted by atomic mass is 16.3. The highest BCUT2D eigenvalue weighted by Gasteiger charge is 2.21. The monoisotopic (exact) mass is 568 g/mol. The van der Waals surface area contributed by atoms with Crippen LogP contribution in [0, 0.1) is 0 Å². The van der Waals surface area contributed by atoms with Crippen molar-refractivity contribution in [1.29, 1.82) is 0 Å². The number of imidazole rings is 1. The number of para-hydroxylation sites is 4. The molecule has 5 nitrogen and oxygen atoms in total. The lowest BCUT2D eigenvalue weighted by atomic mass is 9.99. The highest BCUT2D eigenvalue weighted by Crippen LogP contribution is 2.40. The summed E-state index contributed by atoms with van der Waals surface area (Å²) in [5.41, 5.74) is 11.1. The summed E-state index contributed by atoms with van der Waals surface area (Å²) < 4.78 is 8.68. The van der Waals surface area contributed by atoms with E-state index in [1.54, 1.807) is 0 Å². The van der Waals surface area contributed by atoms with Gasteiger partial charge in [-0.15, -0.1) is 0 Å². The molecule has 0 spiro atoms. The summed E-state index contributed by atoms with van der Waals surface area (Å²) in [7, 11) is 0. The number of aromatic amines is 1. The van der Waals surface area contributed by atoms with Crippen LogP contribution in [0.25, 0.3) is 88.5 Å². The van der Waals surface area contributed by atoms with E-state index >= 15 is 0 Å². The minimum Gasteiger partial charge on any atom is -0.454 e. The molecule has 4 heterocycles. The molecule has 5 aromatic carbocycles. The third-order valence-corrected chi connectivity index (χ3v) is 8.76. The first-order valence-corrected chi connectivity index (χ1v) is 15.0. The Labute approximate surface area is 253 Å². The van der Waals surface area contributed by atoms with E-state index in [9.17, 15) is 0 Å². The number of nitrogens with zero attached hydrogens (tertiary/aromatic N) is 3.